The molecule has 1 unspecified atom stereocenters. The minimum absolute atomic E-state index is 0.114. The average Bonchev–Trinajstić information content (AvgIpc) is 2.78. The fraction of sp³-hybridized carbons (Fsp3) is 0.562. The Morgan fingerprint density at radius 3 is 2.74 bits per heavy atom. The third-order valence-electron chi connectivity index (χ3n) is 4.45. The highest BCUT2D eigenvalue weighted by molar-refractivity contribution is 5.96. The first-order valence-corrected chi connectivity index (χ1v) is 7.34. The summed E-state index contributed by atoms with van der Waals surface area (Å²) in [7, 11) is 0. The number of rotatable bonds is 2. The van der Waals surface area contributed by atoms with Crippen molar-refractivity contribution >= 4 is 5.71 Å². The van der Waals surface area contributed by atoms with E-state index in [0.29, 0.717) is 6.04 Å². The lowest BCUT2D eigenvalue weighted by molar-refractivity contribution is 0.311. The Balaban J connectivity index is 1.84. The Labute approximate surface area is 114 Å². The van der Waals surface area contributed by atoms with Crippen LogP contribution in [-0.2, 0) is 6.42 Å². The maximum absolute atomic E-state index is 9.26. The van der Waals surface area contributed by atoms with Crippen molar-refractivity contribution < 1.29 is 5.21 Å². The molecule has 1 saturated carbocycles. The highest BCUT2D eigenvalue weighted by Gasteiger charge is 2.31. The van der Waals surface area contributed by atoms with Gasteiger partial charge in [0.25, 0.3) is 0 Å². The van der Waals surface area contributed by atoms with Crippen LogP contribution in [-0.4, -0.2) is 17.0 Å². The Bertz CT molecular complexity index is 490. The SMILES string of the molecule is Cc1ccc2c(c1)C(NC1CCCCC1)C(=NO)C2. The zero-order valence-corrected chi connectivity index (χ0v) is 11.5. The van der Waals surface area contributed by atoms with Gasteiger partial charge in [-0.05, 0) is 30.9 Å². The van der Waals surface area contributed by atoms with Crippen LogP contribution >= 0.6 is 0 Å². The first kappa shape index (κ1) is 12.7. The van der Waals surface area contributed by atoms with Gasteiger partial charge in [-0.1, -0.05) is 48.2 Å². The molecule has 0 amide bonds. The average molecular weight is 258 g/mol. The highest BCUT2D eigenvalue weighted by atomic mass is 16.4. The number of oxime groups is 1. The molecule has 0 aliphatic heterocycles. The molecule has 0 bridgehead atoms. The van der Waals surface area contributed by atoms with Gasteiger partial charge in [-0.25, -0.2) is 0 Å². The number of hydrogen-bond acceptors (Lipinski definition) is 3. The molecule has 1 aromatic rings. The predicted molar refractivity (Wildman–Crippen MR) is 76.9 cm³/mol. The maximum atomic E-state index is 9.26. The normalized spacial score (nSPS) is 25.7. The van der Waals surface area contributed by atoms with E-state index in [1.54, 1.807) is 0 Å². The summed E-state index contributed by atoms with van der Waals surface area (Å²) < 4.78 is 0. The number of aryl methyl sites for hydroxylation is 1. The summed E-state index contributed by atoms with van der Waals surface area (Å²) in [4.78, 5) is 0. The topological polar surface area (TPSA) is 44.6 Å². The number of nitrogens with zero attached hydrogens (tertiary/aromatic N) is 1. The fourth-order valence-electron chi connectivity index (χ4n) is 3.40. The van der Waals surface area contributed by atoms with Gasteiger partial charge in [0.1, 0.15) is 0 Å². The van der Waals surface area contributed by atoms with E-state index in [1.165, 1.54) is 48.8 Å². The van der Waals surface area contributed by atoms with Crippen LogP contribution in [0.4, 0.5) is 0 Å². The summed E-state index contributed by atoms with van der Waals surface area (Å²) in [6.07, 6.45) is 7.26. The summed E-state index contributed by atoms with van der Waals surface area (Å²) in [6.45, 7) is 2.12. The molecular weight excluding hydrogens is 236 g/mol. The molecular formula is C16H22N2O. The van der Waals surface area contributed by atoms with Gasteiger partial charge in [-0.3, -0.25) is 0 Å². The molecule has 1 aromatic carbocycles. The van der Waals surface area contributed by atoms with Crippen LogP contribution in [0, 0.1) is 6.92 Å². The molecule has 3 heteroatoms. The molecule has 0 aromatic heterocycles. The molecule has 0 saturated heterocycles. The lowest BCUT2D eigenvalue weighted by Gasteiger charge is -2.27. The summed E-state index contributed by atoms with van der Waals surface area (Å²) >= 11 is 0. The Morgan fingerprint density at radius 2 is 2.00 bits per heavy atom. The highest BCUT2D eigenvalue weighted by Crippen LogP contribution is 2.32. The third kappa shape index (κ3) is 2.52. The Morgan fingerprint density at radius 1 is 1.21 bits per heavy atom. The van der Waals surface area contributed by atoms with Crippen molar-refractivity contribution in [3.8, 4) is 0 Å². The molecule has 2 aliphatic carbocycles. The van der Waals surface area contributed by atoms with Crippen LogP contribution in [0.5, 0.6) is 0 Å². The molecule has 0 radical (unpaired) electrons. The molecule has 3 rings (SSSR count). The second-order valence-electron chi connectivity index (χ2n) is 5.90. The second kappa shape index (κ2) is 5.33. The van der Waals surface area contributed by atoms with E-state index in [1.807, 2.05) is 0 Å². The van der Waals surface area contributed by atoms with Crippen LogP contribution in [0.3, 0.4) is 0 Å². The van der Waals surface area contributed by atoms with Crippen molar-refractivity contribution in [3.63, 3.8) is 0 Å². The van der Waals surface area contributed by atoms with E-state index in [9.17, 15) is 5.21 Å². The standard InChI is InChI=1S/C16H22N2O/c1-11-7-8-12-10-15(18-19)16(14(12)9-11)17-13-5-3-2-4-6-13/h7-9,13,16-17,19H,2-6,10H2,1H3. The van der Waals surface area contributed by atoms with Crippen molar-refractivity contribution in [1.29, 1.82) is 0 Å². The third-order valence-corrected chi connectivity index (χ3v) is 4.45. The van der Waals surface area contributed by atoms with Gasteiger partial charge in [0.15, 0.2) is 0 Å². The van der Waals surface area contributed by atoms with E-state index < -0.39 is 0 Å². The molecule has 102 valence electrons. The van der Waals surface area contributed by atoms with Gasteiger partial charge in [0.2, 0.25) is 0 Å². The van der Waals surface area contributed by atoms with Crippen molar-refractivity contribution in [2.24, 2.45) is 5.16 Å². The van der Waals surface area contributed by atoms with Crippen LogP contribution in [0.1, 0.15) is 54.8 Å². The van der Waals surface area contributed by atoms with E-state index >= 15 is 0 Å². The number of fused-ring (bicyclic) bond motifs is 1. The van der Waals surface area contributed by atoms with Gasteiger partial charge in [-0.15, -0.1) is 0 Å². The summed E-state index contributed by atoms with van der Waals surface area (Å²) in [5.41, 5.74) is 4.74. The molecule has 3 nitrogen and oxygen atoms in total. The van der Waals surface area contributed by atoms with Crippen molar-refractivity contribution in [2.75, 3.05) is 0 Å². The van der Waals surface area contributed by atoms with E-state index in [2.05, 4.69) is 35.6 Å². The van der Waals surface area contributed by atoms with Gasteiger partial charge in [0, 0.05) is 12.5 Å². The fourth-order valence-corrected chi connectivity index (χ4v) is 3.40. The van der Waals surface area contributed by atoms with E-state index in [4.69, 9.17) is 0 Å². The van der Waals surface area contributed by atoms with Gasteiger partial charge in [-0.2, -0.15) is 0 Å². The summed E-state index contributed by atoms with van der Waals surface area (Å²) in [5, 5.41) is 16.5. The Hall–Kier alpha value is -1.35. The molecule has 19 heavy (non-hydrogen) atoms. The maximum Gasteiger partial charge on any atom is 0.0829 e. The van der Waals surface area contributed by atoms with Gasteiger partial charge in [0.05, 0.1) is 11.8 Å². The quantitative estimate of drug-likeness (QED) is 0.631. The zero-order chi connectivity index (χ0) is 13.2. The minimum atomic E-state index is 0.114. The number of hydrogen-bond donors (Lipinski definition) is 2. The zero-order valence-electron chi connectivity index (χ0n) is 11.5. The molecule has 0 spiro atoms. The van der Waals surface area contributed by atoms with Crippen LogP contribution in [0.2, 0.25) is 0 Å². The largest absolute Gasteiger partial charge is 0.411 e. The van der Waals surface area contributed by atoms with E-state index in [-0.39, 0.29) is 6.04 Å². The molecule has 1 fully saturated rings. The molecule has 0 heterocycles. The summed E-state index contributed by atoms with van der Waals surface area (Å²) in [6, 6.07) is 7.22. The van der Waals surface area contributed by atoms with Crippen LogP contribution in [0.15, 0.2) is 23.4 Å². The second-order valence-corrected chi connectivity index (χ2v) is 5.90. The lowest BCUT2D eigenvalue weighted by atomic mass is 9.94. The monoisotopic (exact) mass is 258 g/mol. The first-order valence-electron chi connectivity index (χ1n) is 7.34. The van der Waals surface area contributed by atoms with Crippen LogP contribution in [0.25, 0.3) is 0 Å². The number of nitrogens with one attached hydrogen (secondary N) is 1. The van der Waals surface area contributed by atoms with Crippen molar-refractivity contribution in [3.05, 3.63) is 34.9 Å². The molecule has 1 atom stereocenters. The molecule has 2 N–H and O–H groups in total. The minimum Gasteiger partial charge on any atom is -0.411 e. The van der Waals surface area contributed by atoms with Gasteiger partial charge >= 0.3 is 0 Å². The predicted octanol–water partition coefficient (Wildman–Crippen LogP) is 3.34. The van der Waals surface area contributed by atoms with Crippen LogP contribution < -0.4 is 5.32 Å². The Kier molecular flexibility index (Phi) is 3.56. The van der Waals surface area contributed by atoms with E-state index in [0.717, 1.165) is 12.1 Å². The van der Waals surface area contributed by atoms with Gasteiger partial charge < -0.3 is 10.5 Å². The number of benzene rings is 1. The molecule has 2 aliphatic rings. The smallest absolute Gasteiger partial charge is 0.0829 e. The summed E-state index contributed by atoms with van der Waals surface area (Å²) in [5.74, 6) is 0. The lowest BCUT2D eigenvalue weighted by Crippen LogP contribution is -2.36. The first-order chi connectivity index (χ1) is 9.28. The van der Waals surface area contributed by atoms with Crippen molar-refractivity contribution in [1.82, 2.24) is 5.32 Å². The van der Waals surface area contributed by atoms with Crippen molar-refractivity contribution in [2.45, 2.75) is 57.5 Å².